The molecule has 0 unspecified atom stereocenters. The fourth-order valence-corrected chi connectivity index (χ4v) is 4.45. The van der Waals surface area contributed by atoms with E-state index in [1.165, 1.54) is 6.07 Å². The number of imidazole rings is 1. The quantitative estimate of drug-likeness (QED) is 0.480. The Balaban J connectivity index is 1.60. The highest BCUT2D eigenvalue weighted by atomic mass is 35.5. The molecule has 9 heteroatoms. The van der Waals surface area contributed by atoms with Crippen molar-refractivity contribution in [2.75, 3.05) is 0 Å². The zero-order chi connectivity index (χ0) is 20.1. The molecule has 4 rings (SSSR count). The number of nitrogens with zero attached hydrogens (tertiary/aromatic N) is 2. The molecule has 0 aliphatic rings. The molecule has 0 saturated carbocycles. The second kappa shape index (κ2) is 6.79. The Bertz CT molecular complexity index is 1210. The summed E-state index contributed by atoms with van der Waals surface area (Å²) in [7, 11) is 1.85. The highest BCUT2D eigenvalue weighted by Crippen LogP contribution is 2.39. The Morgan fingerprint density at radius 3 is 2.71 bits per heavy atom. The number of hydrogen-bond acceptors (Lipinski definition) is 3. The molecular weight excluding hydrogens is 411 g/mol. The van der Waals surface area contributed by atoms with Crippen LogP contribution >= 0.6 is 22.9 Å². The fourth-order valence-electron chi connectivity index (χ4n) is 2.98. The number of carbonyl (C=O) groups is 1. The summed E-state index contributed by atoms with van der Waals surface area (Å²) in [5.74, 6) is 0.206. The van der Waals surface area contributed by atoms with Crippen molar-refractivity contribution in [3.8, 4) is 0 Å². The lowest BCUT2D eigenvalue weighted by Gasteiger charge is -2.05. The zero-order valence-corrected chi connectivity index (χ0v) is 16.0. The van der Waals surface area contributed by atoms with Crippen molar-refractivity contribution >= 4 is 50.0 Å². The number of aromatic nitrogens is 2. The molecule has 0 aliphatic heterocycles. The molecule has 0 saturated heterocycles. The average molecular weight is 424 g/mol. The number of thiophene rings is 1. The number of halogens is 4. The molecule has 1 N–H and O–H groups in total. The van der Waals surface area contributed by atoms with Crippen LogP contribution in [0.5, 0.6) is 0 Å². The van der Waals surface area contributed by atoms with E-state index in [0.717, 1.165) is 34.5 Å². The largest absolute Gasteiger partial charge is 0.416 e. The lowest BCUT2D eigenvalue weighted by Crippen LogP contribution is -2.23. The van der Waals surface area contributed by atoms with E-state index in [4.69, 9.17) is 11.6 Å². The van der Waals surface area contributed by atoms with Crippen molar-refractivity contribution in [2.45, 2.75) is 12.7 Å². The average Bonchev–Trinajstić information content (AvgIpc) is 3.16. The first-order valence-electron chi connectivity index (χ1n) is 8.23. The van der Waals surface area contributed by atoms with Gasteiger partial charge in [0.2, 0.25) is 0 Å². The predicted molar refractivity (Wildman–Crippen MR) is 104 cm³/mol. The van der Waals surface area contributed by atoms with Crippen molar-refractivity contribution in [2.24, 2.45) is 7.05 Å². The Hall–Kier alpha value is -2.58. The number of carbonyl (C=O) groups excluding carboxylic acids is 1. The molecule has 0 radical (unpaired) electrons. The molecular formula is C19H13ClF3N3OS. The number of benzene rings is 2. The van der Waals surface area contributed by atoms with Gasteiger partial charge in [0.25, 0.3) is 5.91 Å². The third-order valence-electron chi connectivity index (χ3n) is 4.45. The molecule has 144 valence electrons. The first kappa shape index (κ1) is 18.8. The van der Waals surface area contributed by atoms with E-state index in [-0.39, 0.29) is 16.4 Å². The van der Waals surface area contributed by atoms with Gasteiger partial charge in [0, 0.05) is 17.1 Å². The maximum absolute atomic E-state index is 12.9. The first-order valence-corrected chi connectivity index (χ1v) is 9.43. The van der Waals surface area contributed by atoms with Crippen molar-refractivity contribution in [1.82, 2.24) is 14.9 Å². The van der Waals surface area contributed by atoms with Crippen LogP contribution in [-0.2, 0) is 19.8 Å². The summed E-state index contributed by atoms with van der Waals surface area (Å²) in [6.07, 6.45) is -4.45. The molecule has 0 spiro atoms. The number of nitrogens with one attached hydrogen (secondary N) is 1. The third-order valence-corrected chi connectivity index (χ3v) is 6.11. The Kier molecular flexibility index (Phi) is 4.55. The van der Waals surface area contributed by atoms with E-state index < -0.39 is 17.6 Å². The maximum Gasteiger partial charge on any atom is 0.416 e. The number of fused-ring (bicyclic) bond motifs is 2. The van der Waals surface area contributed by atoms with E-state index >= 15 is 0 Å². The summed E-state index contributed by atoms with van der Waals surface area (Å²) < 4.78 is 40.9. The molecule has 2 aromatic carbocycles. The molecule has 2 heterocycles. The molecule has 0 atom stereocenters. The van der Waals surface area contributed by atoms with Crippen LogP contribution in [0.15, 0.2) is 42.5 Å². The standard InChI is InChI=1S/C19H13ClF3N3OS/c1-26-13-5-3-2-4-12(13)25-15(26)9-24-18(27)17-16(20)11-7-6-10(19(21,22)23)8-14(11)28-17/h2-8H,9H2,1H3,(H,24,27). The number of para-hydroxylation sites is 2. The van der Waals surface area contributed by atoms with Gasteiger partial charge in [-0.15, -0.1) is 11.3 Å². The molecule has 2 aromatic heterocycles. The molecule has 28 heavy (non-hydrogen) atoms. The van der Waals surface area contributed by atoms with Gasteiger partial charge in [-0.05, 0) is 24.3 Å². The number of aryl methyl sites for hydroxylation is 1. The summed E-state index contributed by atoms with van der Waals surface area (Å²) in [6, 6.07) is 10.8. The SMILES string of the molecule is Cn1c(CNC(=O)c2sc3cc(C(F)(F)F)ccc3c2Cl)nc2ccccc21. The van der Waals surface area contributed by atoms with Crippen molar-refractivity contribution in [3.63, 3.8) is 0 Å². The fraction of sp³-hybridized carbons (Fsp3) is 0.158. The Morgan fingerprint density at radius 2 is 2.00 bits per heavy atom. The van der Waals surface area contributed by atoms with Gasteiger partial charge in [-0.2, -0.15) is 13.2 Å². The summed E-state index contributed by atoms with van der Waals surface area (Å²) in [4.78, 5) is 17.2. The minimum absolute atomic E-state index is 0.149. The van der Waals surface area contributed by atoms with Crippen LogP contribution in [-0.4, -0.2) is 15.5 Å². The van der Waals surface area contributed by atoms with Crippen LogP contribution in [0.25, 0.3) is 21.1 Å². The topological polar surface area (TPSA) is 46.9 Å². The zero-order valence-electron chi connectivity index (χ0n) is 14.5. The summed E-state index contributed by atoms with van der Waals surface area (Å²) in [6.45, 7) is 0.169. The lowest BCUT2D eigenvalue weighted by atomic mass is 10.1. The van der Waals surface area contributed by atoms with Crippen LogP contribution in [0.2, 0.25) is 5.02 Å². The van der Waals surface area contributed by atoms with Crippen molar-refractivity contribution in [3.05, 3.63) is 63.8 Å². The van der Waals surface area contributed by atoms with Crippen LogP contribution in [0.3, 0.4) is 0 Å². The normalized spacial score (nSPS) is 12.0. The van der Waals surface area contributed by atoms with Crippen molar-refractivity contribution < 1.29 is 18.0 Å². The molecule has 4 nitrogen and oxygen atoms in total. The Morgan fingerprint density at radius 1 is 1.25 bits per heavy atom. The van der Waals surface area contributed by atoms with Gasteiger partial charge >= 0.3 is 6.18 Å². The summed E-state index contributed by atoms with van der Waals surface area (Å²) >= 11 is 7.18. The van der Waals surface area contributed by atoms with Crippen LogP contribution in [0.4, 0.5) is 13.2 Å². The number of alkyl halides is 3. The monoisotopic (exact) mass is 423 g/mol. The van der Waals surface area contributed by atoms with Gasteiger partial charge in [0.15, 0.2) is 0 Å². The van der Waals surface area contributed by atoms with Crippen molar-refractivity contribution in [1.29, 1.82) is 0 Å². The molecule has 4 aromatic rings. The third kappa shape index (κ3) is 3.22. The van der Waals surface area contributed by atoms with E-state index in [1.807, 2.05) is 35.9 Å². The van der Waals surface area contributed by atoms with Crippen LogP contribution < -0.4 is 5.32 Å². The van der Waals surface area contributed by atoms with Gasteiger partial charge in [-0.1, -0.05) is 29.8 Å². The summed E-state index contributed by atoms with van der Waals surface area (Å²) in [5, 5.41) is 3.32. The second-order valence-electron chi connectivity index (χ2n) is 6.21. The maximum atomic E-state index is 12.9. The Labute approximate surface area is 166 Å². The number of amides is 1. The number of hydrogen-bond donors (Lipinski definition) is 1. The lowest BCUT2D eigenvalue weighted by molar-refractivity contribution is -0.137. The van der Waals surface area contributed by atoms with Gasteiger partial charge in [0.1, 0.15) is 10.7 Å². The minimum atomic E-state index is -4.45. The van der Waals surface area contributed by atoms with Gasteiger partial charge in [-0.3, -0.25) is 4.79 Å². The molecule has 0 bridgehead atoms. The number of rotatable bonds is 3. The highest BCUT2D eigenvalue weighted by Gasteiger charge is 2.31. The van der Waals surface area contributed by atoms with Crippen LogP contribution in [0, 0.1) is 0 Å². The van der Waals surface area contributed by atoms with E-state index in [9.17, 15) is 18.0 Å². The first-order chi connectivity index (χ1) is 13.3. The molecule has 0 aliphatic carbocycles. The smallest absolute Gasteiger partial charge is 0.344 e. The van der Waals surface area contributed by atoms with Gasteiger partial charge in [-0.25, -0.2) is 4.98 Å². The second-order valence-corrected chi connectivity index (χ2v) is 7.64. The van der Waals surface area contributed by atoms with Gasteiger partial charge in [0.05, 0.1) is 28.2 Å². The highest BCUT2D eigenvalue weighted by molar-refractivity contribution is 7.21. The molecule has 1 amide bonds. The van der Waals surface area contributed by atoms with Gasteiger partial charge < -0.3 is 9.88 Å². The summed E-state index contributed by atoms with van der Waals surface area (Å²) in [5.41, 5.74) is 0.977. The van der Waals surface area contributed by atoms with Crippen LogP contribution in [0.1, 0.15) is 21.1 Å². The van der Waals surface area contributed by atoms with E-state index in [0.29, 0.717) is 15.9 Å². The predicted octanol–water partition coefficient (Wildman–Crippen LogP) is 5.39. The van der Waals surface area contributed by atoms with E-state index in [2.05, 4.69) is 10.3 Å². The molecule has 0 fully saturated rings. The van der Waals surface area contributed by atoms with E-state index in [1.54, 1.807) is 0 Å². The minimum Gasteiger partial charge on any atom is -0.344 e.